The third-order valence-electron chi connectivity index (χ3n) is 3.23. The molecule has 1 aliphatic heterocycles. The van der Waals surface area contributed by atoms with Gasteiger partial charge in [0, 0.05) is 12.3 Å². The van der Waals surface area contributed by atoms with Crippen LogP contribution in [0.15, 0.2) is 24.3 Å². The summed E-state index contributed by atoms with van der Waals surface area (Å²) in [7, 11) is 0. The van der Waals surface area contributed by atoms with Crippen LogP contribution in [0, 0.1) is 17.2 Å². The van der Waals surface area contributed by atoms with Crippen molar-refractivity contribution in [1.29, 1.82) is 5.26 Å². The molecule has 1 aromatic rings. The molecule has 94 valence electrons. The largest absolute Gasteiger partial charge is 0.377 e. The van der Waals surface area contributed by atoms with Gasteiger partial charge in [-0.15, -0.1) is 0 Å². The van der Waals surface area contributed by atoms with Gasteiger partial charge >= 0.3 is 0 Å². The van der Waals surface area contributed by atoms with E-state index in [1.54, 1.807) is 24.3 Å². The summed E-state index contributed by atoms with van der Waals surface area (Å²) in [6.45, 7) is 2.68. The van der Waals surface area contributed by atoms with Crippen molar-refractivity contribution in [2.45, 2.75) is 25.9 Å². The number of nitriles is 1. The summed E-state index contributed by atoms with van der Waals surface area (Å²) >= 11 is 0. The molecule has 1 N–H and O–H groups in total. The first-order chi connectivity index (χ1) is 8.74. The SMILES string of the molecule is CCC1OCCC1C(=O)Nc1ccc(C#N)cc1. The summed E-state index contributed by atoms with van der Waals surface area (Å²) in [4.78, 5) is 12.1. The lowest BCUT2D eigenvalue weighted by Gasteiger charge is -2.16. The van der Waals surface area contributed by atoms with Crippen LogP contribution in [0.3, 0.4) is 0 Å². The van der Waals surface area contributed by atoms with Gasteiger partial charge in [-0.25, -0.2) is 0 Å². The molecule has 1 fully saturated rings. The normalized spacial score (nSPS) is 22.4. The predicted octanol–water partition coefficient (Wildman–Crippen LogP) is 2.31. The van der Waals surface area contributed by atoms with Crippen molar-refractivity contribution in [1.82, 2.24) is 0 Å². The quantitative estimate of drug-likeness (QED) is 0.887. The number of carbonyl (C=O) groups is 1. The molecule has 0 bridgehead atoms. The smallest absolute Gasteiger partial charge is 0.230 e. The highest BCUT2D eigenvalue weighted by Gasteiger charge is 2.32. The maximum Gasteiger partial charge on any atom is 0.230 e. The van der Waals surface area contributed by atoms with Gasteiger partial charge in [0.25, 0.3) is 0 Å². The van der Waals surface area contributed by atoms with Crippen LogP contribution >= 0.6 is 0 Å². The molecule has 1 heterocycles. The molecule has 0 aromatic heterocycles. The van der Waals surface area contributed by atoms with Crippen LogP contribution in [0.5, 0.6) is 0 Å². The van der Waals surface area contributed by atoms with Crippen molar-refractivity contribution >= 4 is 11.6 Å². The Morgan fingerprint density at radius 1 is 1.50 bits per heavy atom. The van der Waals surface area contributed by atoms with Crippen LogP contribution in [-0.4, -0.2) is 18.6 Å². The highest BCUT2D eigenvalue weighted by molar-refractivity contribution is 5.93. The first-order valence-corrected chi connectivity index (χ1v) is 6.17. The van der Waals surface area contributed by atoms with Gasteiger partial charge in [0.1, 0.15) is 0 Å². The zero-order valence-electron chi connectivity index (χ0n) is 10.3. The van der Waals surface area contributed by atoms with Gasteiger partial charge in [-0.3, -0.25) is 4.79 Å². The second-order valence-corrected chi connectivity index (χ2v) is 4.39. The topological polar surface area (TPSA) is 62.1 Å². The number of hydrogen-bond acceptors (Lipinski definition) is 3. The van der Waals surface area contributed by atoms with Gasteiger partial charge in [0.15, 0.2) is 0 Å². The summed E-state index contributed by atoms with van der Waals surface area (Å²) in [5.74, 6) is -0.0605. The van der Waals surface area contributed by atoms with Gasteiger partial charge in [-0.05, 0) is 37.1 Å². The summed E-state index contributed by atoms with van der Waals surface area (Å²) in [5, 5.41) is 11.6. The maximum atomic E-state index is 12.1. The van der Waals surface area contributed by atoms with Crippen LogP contribution in [0.4, 0.5) is 5.69 Å². The van der Waals surface area contributed by atoms with Crippen molar-refractivity contribution in [2.24, 2.45) is 5.92 Å². The van der Waals surface area contributed by atoms with E-state index < -0.39 is 0 Å². The predicted molar refractivity (Wildman–Crippen MR) is 67.9 cm³/mol. The summed E-state index contributed by atoms with van der Waals surface area (Å²) in [6, 6.07) is 8.92. The van der Waals surface area contributed by atoms with E-state index in [1.165, 1.54) is 0 Å². The minimum atomic E-state index is -0.0642. The molecule has 2 atom stereocenters. The molecule has 2 unspecified atom stereocenters. The molecule has 0 spiro atoms. The minimum absolute atomic E-state index is 0.00376. The number of nitrogens with one attached hydrogen (secondary N) is 1. The molecule has 1 aromatic carbocycles. The van der Waals surface area contributed by atoms with Crippen LogP contribution in [0.1, 0.15) is 25.3 Å². The molecule has 2 rings (SSSR count). The maximum absolute atomic E-state index is 12.1. The molecule has 1 aliphatic rings. The van der Waals surface area contributed by atoms with Gasteiger partial charge < -0.3 is 10.1 Å². The van der Waals surface area contributed by atoms with Crippen LogP contribution < -0.4 is 5.32 Å². The number of anilines is 1. The third kappa shape index (κ3) is 2.69. The number of hydrogen-bond donors (Lipinski definition) is 1. The van der Waals surface area contributed by atoms with E-state index in [-0.39, 0.29) is 17.9 Å². The van der Waals surface area contributed by atoms with E-state index >= 15 is 0 Å². The molecule has 0 saturated carbocycles. The molecular weight excluding hydrogens is 228 g/mol. The van der Waals surface area contributed by atoms with Crippen LogP contribution in [0.25, 0.3) is 0 Å². The standard InChI is InChI=1S/C14H16N2O2/c1-2-13-12(7-8-18-13)14(17)16-11-5-3-10(9-15)4-6-11/h3-6,12-13H,2,7-8H2,1H3,(H,16,17). The third-order valence-corrected chi connectivity index (χ3v) is 3.23. The Kier molecular flexibility index (Phi) is 3.96. The highest BCUT2D eigenvalue weighted by Crippen LogP contribution is 2.24. The Morgan fingerprint density at radius 3 is 2.83 bits per heavy atom. The van der Waals surface area contributed by atoms with Gasteiger partial charge in [0.05, 0.1) is 23.7 Å². The van der Waals surface area contributed by atoms with Gasteiger partial charge in [0.2, 0.25) is 5.91 Å². The highest BCUT2D eigenvalue weighted by atomic mass is 16.5. The minimum Gasteiger partial charge on any atom is -0.377 e. The number of carbonyl (C=O) groups excluding carboxylic acids is 1. The molecule has 0 radical (unpaired) electrons. The summed E-state index contributed by atoms with van der Waals surface area (Å²) in [6.07, 6.45) is 1.66. The lowest BCUT2D eigenvalue weighted by Crippen LogP contribution is -2.29. The van der Waals surface area contributed by atoms with E-state index in [4.69, 9.17) is 10.00 Å². The fraction of sp³-hybridized carbons (Fsp3) is 0.429. The average Bonchev–Trinajstić information content (AvgIpc) is 2.88. The molecule has 1 saturated heterocycles. The number of rotatable bonds is 3. The van der Waals surface area contributed by atoms with E-state index in [1.807, 2.05) is 13.0 Å². The molecule has 4 nitrogen and oxygen atoms in total. The number of benzene rings is 1. The van der Waals surface area contributed by atoms with Gasteiger partial charge in [-0.2, -0.15) is 5.26 Å². The van der Waals surface area contributed by atoms with Gasteiger partial charge in [-0.1, -0.05) is 6.92 Å². The average molecular weight is 244 g/mol. The fourth-order valence-corrected chi connectivity index (χ4v) is 2.21. The number of amides is 1. The van der Waals surface area contributed by atoms with Crippen molar-refractivity contribution in [2.75, 3.05) is 11.9 Å². The Labute approximate surface area is 107 Å². The second-order valence-electron chi connectivity index (χ2n) is 4.39. The van der Waals surface area contributed by atoms with E-state index in [0.717, 1.165) is 18.5 Å². The number of ether oxygens (including phenoxy) is 1. The Morgan fingerprint density at radius 2 is 2.22 bits per heavy atom. The molecule has 18 heavy (non-hydrogen) atoms. The molecule has 1 amide bonds. The number of nitrogens with zero attached hydrogens (tertiary/aromatic N) is 1. The summed E-state index contributed by atoms with van der Waals surface area (Å²) < 4.78 is 5.51. The van der Waals surface area contributed by atoms with E-state index in [9.17, 15) is 4.79 Å². The first-order valence-electron chi connectivity index (χ1n) is 6.17. The van der Waals surface area contributed by atoms with Crippen LogP contribution in [-0.2, 0) is 9.53 Å². The molecular formula is C14H16N2O2. The Bertz CT molecular complexity index is 462. The van der Waals surface area contributed by atoms with Crippen molar-refractivity contribution in [3.8, 4) is 6.07 Å². The molecule has 0 aliphatic carbocycles. The summed E-state index contributed by atoms with van der Waals surface area (Å²) in [5.41, 5.74) is 1.31. The lowest BCUT2D eigenvalue weighted by atomic mass is 9.98. The Hall–Kier alpha value is -1.86. The fourth-order valence-electron chi connectivity index (χ4n) is 2.21. The zero-order valence-corrected chi connectivity index (χ0v) is 10.3. The lowest BCUT2D eigenvalue weighted by molar-refractivity contribution is -0.121. The van der Waals surface area contributed by atoms with Crippen LogP contribution in [0.2, 0.25) is 0 Å². The van der Waals surface area contributed by atoms with Crippen molar-refractivity contribution in [3.63, 3.8) is 0 Å². The van der Waals surface area contributed by atoms with E-state index in [2.05, 4.69) is 5.32 Å². The monoisotopic (exact) mass is 244 g/mol. The molecule has 4 heteroatoms. The van der Waals surface area contributed by atoms with Crippen molar-refractivity contribution in [3.05, 3.63) is 29.8 Å². The first kappa shape index (κ1) is 12.6. The Balaban J connectivity index is 2.00. The zero-order chi connectivity index (χ0) is 13.0. The van der Waals surface area contributed by atoms with E-state index in [0.29, 0.717) is 12.2 Å². The van der Waals surface area contributed by atoms with Crippen molar-refractivity contribution < 1.29 is 9.53 Å². The second kappa shape index (κ2) is 5.65.